The summed E-state index contributed by atoms with van der Waals surface area (Å²) in [4.78, 5) is 0. The minimum atomic E-state index is 0.421. The second-order valence-corrected chi connectivity index (χ2v) is 5.68. The normalized spacial score (nSPS) is 18.1. The van der Waals surface area contributed by atoms with Gasteiger partial charge in [0, 0.05) is 17.3 Å². The van der Waals surface area contributed by atoms with Gasteiger partial charge in [0.05, 0.1) is 11.7 Å². The molecule has 1 aliphatic carbocycles. The SMILES string of the molecule is CCNC(C)c1c(CC)nn(C2CCCC2)c1CC. The molecule has 0 aromatic carbocycles. The number of aryl methyl sites for hydroxylation is 1. The highest BCUT2D eigenvalue weighted by Crippen LogP contribution is 2.33. The molecule has 108 valence electrons. The van der Waals surface area contributed by atoms with Crippen molar-refractivity contribution < 1.29 is 0 Å². The maximum atomic E-state index is 4.96. The summed E-state index contributed by atoms with van der Waals surface area (Å²) >= 11 is 0. The second-order valence-electron chi connectivity index (χ2n) is 5.68. The highest BCUT2D eigenvalue weighted by molar-refractivity contribution is 5.30. The van der Waals surface area contributed by atoms with E-state index in [0.717, 1.165) is 19.4 Å². The van der Waals surface area contributed by atoms with Crippen LogP contribution in [0.25, 0.3) is 0 Å². The number of nitrogens with zero attached hydrogens (tertiary/aromatic N) is 2. The van der Waals surface area contributed by atoms with E-state index in [1.54, 1.807) is 0 Å². The Morgan fingerprint density at radius 1 is 1.21 bits per heavy atom. The molecule has 1 heterocycles. The standard InChI is InChI=1S/C16H29N3/c1-5-14-16(12(4)17-7-3)15(6-2)19(18-14)13-10-8-9-11-13/h12-13,17H,5-11H2,1-4H3. The van der Waals surface area contributed by atoms with Gasteiger partial charge in [-0.25, -0.2) is 0 Å². The predicted octanol–water partition coefficient (Wildman–Crippen LogP) is 3.79. The first-order chi connectivity index (χ1) is 9.22. The zero-order chi connectivity index (χ0) is 13.8. The van der Waals surface area contributed by atoms with Crippen LogP contribution in [0.2, 0.25) is 0 Å². The first kappa shape index (κ1) is 14.6. The molecule has 1 aliphatic rings. The van der Waals surface area contributed by atoms with Gasteiger partial charge in [-0.15, -0.1) is 0 Å². The second kappa shape index (κ2) is 6.56. The van der Waals surface area contributed by atoms with Crippen molar-refractivity contribution in [1.29, 1.82) is 0 Å². The summed E-state index contributed by atoms with van der Waals surface area (Å²) in [5.74, 6) is 0. The molecule has 1 aromatic rings. The van der Waals surface area contributed by atoms with E-state index < -0.39 is 0 Å². The first-order valence-electron chi connectivity index (χ1n) is 8.06. The third-order valence-corrected chi connectivity index (χ3v) is 4.41. The fourth-order valence-corrected chi connectivity index (χ4v) is 3.51. The van der Waals surface area contributed by atoms with Crippen molar-refractivity contribution in [2.75, 3.05) is 6.54 Å². The molecule has 0 amide bonds. The fraction of sp³-hybridized carbons (Fsp3) is 0.812. The van der Waals surface area contributed by atoms with Gasteiger partial charge in [-0.1, -0.05) is 33.6 Å². The van der Waals surface area contributed by atoms with Crippen molar-refractivity contribution in [3.63, 3.8) is 0 Å². The monoisotopic (exact) mass is 263 g/mol. The largest absolute Gasteiger partial charge is 0.310 e. The highest BCUT2D eigenvalue weighted by Gasteiger charge is 2.25. The number of hydrogen-bond donors (Lipinski definition) is 1. The van der Waals surface area contributed by atoms with Gasteiger partial charge in [-0.2, -0.15) is 5.10 Å². The maximum Gasteiger partial charge on any atom is 0.0672 e. The summed E-state index contributed by atoms with van der Waals surface area (Å²) in [6, 6.07) is 1.08. The topological polar surface area (TPSA) is 29.9 Å². The number of hydrogen-bond acceptors (Lipinski definition) is 2. The lowest BCUT2D eigenvalue weighted by molar-refractivity contribution is 0.446. The zero-order valence-electron chi connectivity index (χ0n) is 13.0. The average Bonchev–Trinajstić information content (AvgIpc) is 3.05. The van der Waals surface area contributed by atoms with E-state index in [4.69, 9.17) is 5.10 Å². The highest BCUT2D eigenvalue weighted by atomic mass is 15.3. The zero-order valence-corrected chi connectivity index (χ0v) is 13.0. The van der Waals surface area contributed by atoms with Crippen LogP contribution in [0.4, 0.5) is 0 Å². The van der Waals surface area contributed by atoms with Crippen LogP contribution in [0.3, 0.4) is 0 Å². The molecule has 1 aromatic heterocycles. The fourth-order valence-electron chi connectivity index (χ4n) is 3.51. The van der Waals surface area contributed by atoms with Crippen LogP contribution in [-0.2, 0) is 12.8 Å². The molecule has 0 saturated heterocycles. The van der Waals surface area contributed by atoms with Crippen molar-refractivity contribution >= 4 is 0 Å². The van der Waals surface area contributed by atoms with Crippen LogP contribution in [0.1, 0.15) is 82.4 Å². The van der Waals surface area contributed by atoms with Crippen molar-refractivity contribution in [3.8, 4) is 0 Å². The van der Waals surface area contributed by atoms with Crippen LogP contribution < -0.4 is 5.32 Å². The van der Waals surface area contributed by atoms with Crippen LogP contribution >= 0.6 is 0 Å². The van der Waals surface area contributed by atoms with Crippen LogP contribution in [0, 0.1) is 0 Å². The quantitative estimate of drug-likeness (QED) is 0.846. The smallest absolute Gasteiger partial charge is 0.0672 e. The molecule has 1 fully saturated rings. The van der Waals surface area contributed by atoms with E-state index in [1.165, 1.54) is 42.6 Å². The minimum Gasteiger partial charge on any atom is -0.310 e. The van der Waals surface area contributed by atoms with Crippen LogP contribution in [0.15, 0.2) is 0 Å². The lowest BCUT2D eigenvalue weighted by Gasteiger charge is -2.17. The number of aromatic nitrogens is 2. The Balaban J connectivity index is 2.39. The van der Waals surface area contributed by atoms with Crippen LogP contribution in [0.5, 0.6) is 0 Å². The Hall–Kier alpha value is -0.830. The summed E-state index contributed by atoms with van der Waals surface area (Å²) in [7, 11) is 0. The molecule has 1 saturated carbocycles. The lowest BCUT2D eigenvalue weighted by Crippen LogP contribution is -2.20. The van der Waals surface area contributed by atoms with Gasteiger partial charge in [0.15, 0.2) is 0 Å². The summed E-state index contributed by atoms with van der Waals surface area (Å²) in [6.07, 6.45) is 7.49. The molecule has 2 rings (SSSR count). The van der Waals surface area contributed by atoms with E-state index in [1.807, 2.05) is 0 Å². The third-order valence-electron chi connectivity index (χ3n) is 4.41. The number of nitrogens with one attached hydrogen (secondary N) is 1. The predicted molar refractivity (Wildman–Crippen MR) is 80.6 cm³/mol. The van der Waals surface area contributed by atoms with Crippen molar-refractivity contribution in [3.05, 3.63) is 17.0 Å². The van der Waals surface area contributed by atoms with Gasteiger partial charge >= 0.3 is 0 Å². The van der Waals surface area contributed by atoms with Gasteiger partial charge < -0.3 is 5.32 Å². The molecule has 0 spiro atoms. The Morgan fingerprint density at radius 2 is 1.89 bits per heavy atom. The van der Waals surface area contributed by atoms with Gasteiger partial charge in [0.25, 0.3) is 0 Å². The summed E-state index contributed by atoms with van der Waals surface area (Å²) in [5.41, 5.74) is 4.24. The molecule has 3 nitrogen and oxygen atoms in total. The van der Waals surface area contributed by atoms with E-state index >= 15 is 0 Å². The van der Waals surface area contributed by atoms with Crippen molar-refractivity contribution in [1.82, 2.24) is 15.1 Å². The van der Waals surface area contributed by atoms with Crippen molar-refractivity contribution in [2.45, 2.75) is 78.3 Å². The first-order valence-corrected chi connectivity index (χ1v) is 8.06. The molecule has 0 bridgehead atoms. The Bertz CT molecular complexity index is 402. The number of rotatable bonds is 6. The van der Waals surface area contributed by atoms with Gasteiger partial charge in [0.2, 0.25) is 0 Å². The minimum absolute atomic E-state index is 0.421. The molecule has 3 heteroatoms. The Kier molecular flexibility index (Phi) is 5.03. The van der Waals surface area contributed by atoms with Gasteiger partial charge in [-0.05, 0) is 39.2 Å². The molecule has 1 unspecified atom stereocenters. The third kappa shape index (κ3) is 2.86. The maximum absolute atomic E-state index is 4.96. The summed E-state index contributed by atoms with van der Waals surface area (Å²) in [5, 5.41) is 8.52. The summed E-state index contributed by atoms with van der Waals surface area (Å²) in [6.45, 7) is 9.96. The average molecular weight is 263 g/mol. The van der Waals surface area contributed by atoms with E-state index in [0.29, 0.717) is 12.1 Å². The van der Waals surface area contributed by atoms with E-state index in [-0.39, 0.29) is 0 Å². The van der Waals surface area contributed by atoms with Gasteiger partial charge in [-0.3, -0.25) is 4.68 Å². The lowest BCUT2D eigenvalue weighted by atomic mass is 10.0. The molecule has 19 heavy (non-hydrogen) atoms. The Morgan fingerprint density at radius 3 is 2.42 bits per heavy atom. The molecule has 0 radical (unpaired) electrons. The molecular weight excluding hydrogens is 234 g/mol. The Labute approximate surface area is 117 Å². The van der Waals surface area contributed by atoms with E-state index in [2.05, 4.69) is 37.7 Å². The van der Waals surface area contributed by atoms with E-state index in [9.17, 15) is 0 Å². The van der Waals surface area contributed by atoms with Crippen LogP contribution in [-0.4, -0.2) is 16.3 Å². The van der Waals surface area contributed by atoms with Crippen molar-refractivity contribution in [2.24, 2.45) is 0 Å². The van der Waals surface area contributed by atoms with Gasteiger partial charge in [0.1, 0.15) is 0 Å². The molecule has 0 aliphatic heterocycles. The summed E-state index contributed by atoms with van der Waals surface area (Å²) < 4.78 is 2.37. The molecule has 1 atom stereocenters. The molecule has 1 N–H and O–H groups in total. The molecular formula is C16H29N3.